The highest BCUT2D eigenvalue weighted by Crippen LogP contribution is 2.32. The van der Waals surface area contributed by atoms with Crippen LogP contribution in [0.4, 0.5) is 4.39 Å². The van der Waals surface area contributed by atoms with Crippen molar-refractivity contribution in [3.63, 3.8) is 0 Å². The predicted octanol–water partition coefficient (Wildman–Crippen LogP) is 2.40. The molecule has 5 heteroatoms. The van der Waals surface area contributed by atoms with E-state index < -0.39 is 5.82 Å². The van der Waals surface area contributed by atoms with Crippen LogP contribution < -0.4 is 0 Å². The molecule has 3 saturated heterocycles. The molecular formula is C19H25FN2O2. The Labute approximate surface area is 142 Å². The number of rotatable bonds is 3. The van der Waals surface area contributed by atoms with Gasteiger partial charge in [-0.15, -0.1) is 0 Å². The predicted molar refractivity (Wildman–Crippen MR) is 89.3 cm³/mol. The lowest BCUT2D eigenvalue weighted by Gasteiger charge is -2.35. The van der Waals surface area contributed by atoms with Crippen LogP contribution in [-0.2, 0) is 4.74 Å². The van der Waals surface area contributed by atoms with Gasteiger partial charge in [0.2, 0.25) is 0 Å². The van der Waals surface area contributed by atoms with Gasteiger partial charge in [0.15, 0.2) is 0 Å². The van der Waals surface area contributed by atoms with E-state index in [-0.39, 0.29) is 11.5 Å². The summed E-state index contributed by atoms with van der Waals surface area (Å²) in [6.07, 6.45) is 3.86. The number of likely N-dealkylation sites (tertiary alicyclic amines) is 2. The quantitative estimate of drug-likeness (QED) is 0.852. The maximum absolute atomic E-state index is 13.9. The van der Waals surface area contributed by atoms with Crippen LogP contribution in [0, 0.1) is 17.7 Å². The second-order valence-corrected chi connectivity index (χ2v) is 7.39. The van der Waals surface area contributed by atoms with E-state index in [1.165, 1.54) is 18.9 Å². The summed E-state index contributed by atoms with van der Waals surface area (Å²) >= 11 is 0. The monoisotopic (exact) mass is 332 g/mol. The van der Waals surface area contributed by atoms with Crippen LogP contribution >= 0.6 is 0 Å². The molecule has 3 heterocycles. The number of halogens is 1. The molecule has 1 amide bonds. The van der Waals surface area contributed by atoms with Crippen molar-refractivity contribution in [3.8, 4) is 0 Å². The molecule has 3 aliphatic rings. The fourth-order valence-electron chi connectivity index (χ4n) is 4.46. The summed E-state index contributed by atoms with van der Waals surface area (Å²) in [6.45, 7) is 5.56. The Morgan fingerprint density at radius 1 is 1.17 bits per heavy atom. The molecule has 1 aromatic carbocycles. The average Bonchev–Trinajstić information content (AvgIpc) is 3.23. The number of hydrogen-bond acceptors (Lipinski definition) is 3. The number of amides is 1. The van der Waals surface area contributed by atoms with E-state index in [9.17, 15) is 9.18 Å². The summed E-state index contributed by atoms with van der Waals surface area (Å²) in [7, 11) is 0. The topological polar surface area (TPSA) is 32.8 Å². The number of hydrogen-bond donors (Lipinski definition) is 0. The Kier molecular flexibility index (Phi) is 4.55. The van der Waals surface area contributed by atoms with Crippen LogP contribution in [0.25, 0.3) is 0 Å². The molecule has 0 bridgehead atoms. The zero-order valence-electron chi connectivity index (χ0n) is 14.0. The Morgan fingerprint density at radius 3 is 2.79 bits per heavy atom. The smallest absolute Gasteiger partial charge is 0.256 e. The van der Waals surface area contributed by atoms with Crippen molar-refractivity contribution in [3.05, 3.63) is 35.6 Å². The third-order valence-corrected chi connectivity index (χ3v) is 5.76. The highest BCUT2D eigenvalue weighted by Gasteiger charge is 2.39. The lowest BCUT2D eigenvalue weighted by atomic mass is 9.88. The molecule has 0 radical (unpaired) electrons. The molecule has 0 aliphatic carbocycles. The van der Waals surface area contributed by atoms with Crippen molar-refractivity contribution in [2.24, 2.45) is 11.8 Å². The summed E-state index contributed by atoms with van der Waals surface area (Å²) in [6, 6.07) is 6.30. The first-order valence-electron chi connectivity index (χ1n) is 9.08. The molecule has 3 atom stereocenters. The molecule has 1 aromatic rings. The van der Waals surface area contributed by atoms with Gasteiger partial charge in [0.25, 0.3) is 5.91 Å². The molecule has 0 N–H and O–H groups in total. The Balaban J connectivity index is 1.37. The zero-order chi connectivity index (χ0) is 16.5. The van der Waals surface area contributed by atoms with E-state index in [1.54, 1.807) is 18.2 Å². The molecule has 3 aliphatic heterocycles. The second kappa shape index (κ2) is 6.81. The summed E-state index contributed by atoms with van der Waals surface area (Å²) < 4.78 is 19.6. The molecule has 0 unspecified atom stereocenters. The van der Waals surface area contributed by atoms with E-state index in [0.717, 1.165) is 45.8 Å². The van der Waals surface area contributed by atoms with E-state index in [4.69, 9.17) is 4.74 Å². The fourth-order valence-corrected chi connectivity index (χ4v) is 4.46. The Hall–Kier alpha value is -1.46. The molecule has 4 nitrogen and oxygen atoms in total. The normalized spacial score (nSPS) is 30.5. The number of carbonyl (C=O) groups excluding carboxylic acids is 1. The van der Waals surface area contributed by atoms with E-state index in [1.807, 2.05) is 4.90 Å². The standard InChI is InChI=1S/C19H25FN2O2/c20-18-6-2-1-5-17(18)19(23)22-11-14-7-8-21(10-15(14)12-22)13-16-4-3-9-24-16/h1-2,5-6,14-16H,3-4,7-13H2/t14-,15+,16+/m0/s1. The van der Waals surface area contributed by atoms with Gasteiger partial charge in [-0.2, -0.15) is 0 Å². The molecule has 0 aromatic heterocycles. The van der Waals surface area contributed by atoms with Crippen molar-refractivity contribution in [2.75, 3.05) is 39.3 Å². The first-order valence-corrected chi connectivity index (χ1v) is 9.08. The first-order chi connectivity index (χ1) is 11.7. The molecule has 130 valence electrons. The fraction of sp³-hybridized carbons (Fsp3) is 0.632. The number of ether oxygens (including phenoxy) is 1. The minimum absolute atomic E-state index is 0.159. The van der Waals surface area contributed by atoms with Gasteiger partial charge in [0.1, 0.15) is 5.82 Å². The Bertz CT molecular complexity index is 603. The second-order valence-electron chi connectivity index (χ2n) is 7.39. The van der Waals surface area contributed by atoms with Crippen LogP contribution in [0.15, 0.2) is 24.3 Å². The first kappa shape index (κ1) is 16.0. The van der Waals surface area contributed by atoms with E-state index >= 15 is 0 Å². The number of benzene rings is 1. The maximum atomic E-state index is 13.9. The van der Waals surface area contributed by atoms with Gasteiger partial charge in [-0.25, -0.2) is 4.39 Å². The maximum Gasteiger partial charge on any atom is 0.256 e. The molecule has 0 spiro atoms. The molecule has 0 saturated carbocycles. The number of nitrogens with zero attached hydrogens (tertiary/aromatic N) is 2. The van der Waals surface area contributed by atoms with Crippen molar-refractivity contribution in [1.82, 2.24) is 9.80 Å². The zero-order valence-corrected chi connectivity index (χ0v) is 14.0. The third-order valence-electron chi connectivity index (χ3n) is 5.76. The number of fused-ring (bicyclic) bond motifs is 1. The molecular weight excluding hydrogens is 307 g/mol. The van der Waals surface area contributed by atoms with Crippen molar-refractivity contribution in [1.29, 1.82) is 0 Å². The summed E-state index contributed by atoms with van der Waals surface area (Å²) in [5.41, 5.74) is 0.201. The minimum Gasteiger partial charge on any atom is -0.377 e. The van der Waals surface area contributed by atoms with Gasteiger partial charge in [-0.1, -0.05) is 12.1 Å². The van der Waals surface area contributed by atoms with Gasteiger partial charge in [0, 0.05) is 32.8 Å². The van der Waals surface area contributed by atoms with Gasteiger partial charge in [-0.3, -0.25) is 4.79 Å². The minimum atomic E-state index is -0.419. The Morgan fingerprint density at radius 2 is 2.00 bits per heavy atom. The highest BCUT2D eigenvalue weighted by molar-refractivity contribution is 5.94. The van der Waals surface area contributed by atoms with Gasteiger partial charge >= 0.3 is 0 Å². The van der Waals surface area contributed by atoms with Gasteiger partial charge in [-0.05, 0) is 49.8 Å². The summed E-state index contributed by atoms with van der Waals surface area (Å²) in [5.74, 6) is 0.489. The number of piperidine rings is 1. The highest BCUT2D eigenvalue weighted by atomic mass is 19.1. The van der Waals surface area contributed by atoms with Crippen molar-refractivity contribution in [2.45, 2.75) is 25.4 Å². The third kappa shape index (κ3) is 3.20. The van der Waals surface area contributed by atoms with Crippen LogP contribution in [0.3, 0.4) is 0 Å². The van der Waals surface area contributed by atoms with Crippen LogP contribution in [0.1, 0.15) is 29.6 Å². The molecule has 24 heavy (non-hydrogen) atoms. The summed E-state index contributed by atoms with van der Waals surface area (Å²) in [4.78, 5) is 17.0. The molecule has 3 fully saturated rings. The lowest BCUT2D eigenvalue weighted by Crippen LogP contribution is -2.43. The SMILES string of the molecule is O=C(c1ccccc1F)N1C[C@H]2CN(C[C@H]3CCCO3)CC[C@H]2C1. The summed E-state index contributed by atoms with van der Waals surface area (Å²) in [5, 5.41) is 0. The lowest BCUT2D eigenvalue weighted by molar-refractivity contribution is 0.0506. The molecule has 4 rings (SSSR count). The van der Waals surface area contributed by atoms with Crippen LogP contribution in [0.2, 0.25) is 0 Å². The largest absolute Gasteiger partial charge is 0.377 e. The van der Waals surface area contributed by atoms with Crippen molar-refractivity contribution < 1.29 is 13.9 Å². The van der Waals surface area contributed by atoms with Gasteiger partial charge < -0.3 is 14.5 Å². The van der Waals surface area contributed by atoms with Crippen LogP contribution in [0.5, 0.6) is 0 Å². The van der Waals surface area contributed by atoms with E-state index in [2.05, 4.69) is 4.90 Å². The van der Waals surface area contributed by atoms with E-state index in [0.29, 0.717) is 17.9 Å². The number of carbonyl (C=O) groups is 1. The average molecular weight is 332 g/mol. The van der Waals surface area contributed by atoms with Gasteiger partial charge in [0.05, 0.1) is 11.7 Å². The van der Waals surface area contributed by atoms with Crippen LogP contribution in [-0.4, -0.2) is 61.1 Å². The van der Waals surface area contributed by atoms with Crippen molar-refractivity contribution >= 4 is 5.91 Å².